The smallest absolute Gasteiger partial charge is 0.412 e. The van der Waals surface area contributed by atoms with Crippen molar-refractivity contribution in [3.63, 3.8) is 0 Å². The van der Waals surface area contributed by atoms with E-state index in [9.17, 15) is 4.79 Å². The Morgan fingerprint density at radius 1 is 1.17 bits per heavy atom. The summed E-state index contributed by atoms with van der Waals surface area (Å²) in [6, 6.07) is 11.1. The zero-order valence-corrected chi connectivity index (χ0v) is 17.3. The lowest BCUT2D eigenvalue weighted by molar-refractivity contribution is 0.187. The fraction of sp³-hybridized carbons (Fsp3) is 0.318. The van der Waals surface area contributed by atoms with Gasteiger partial charge in [-0.25, -0.2) is 9.78 Å². The van der Waals surface area contributed by atoms with Crippen LogP contribution in [0.15, 0.2) is 53.3 Å². The van der Waals surface area contributed by atoms with Crippen molar-refractivity contribution in [3.8, 4) is 28.2 Å². The number of methoxy groups -OCH3 is 1. The maximum Gasteiger partial charge on any atom is 0.412 e. The molecule has 1 aromatic carbocycles. The van der Waals surface area contributed by atoms with Gasteiger partial charge in [-0.3, -0.25) is 5.32 Å². The molecule has 1 atom stereocenters. The highest BCUT2D eigenvalue weighted by atomic mass is 16.5. The maximum absolute atomic E-state index is 11.5. The predicted molar refractivity (Wildman–Crippen MR) is 114 cm³/mol. The van der Waals surface area contributed by atoms with Gasteiger partial charge >= 0.3 is 6.09 Å². The molecule has 0 bridgehead atoms. The largest absolute Gasteiger partial charge is 0.491 e. The van der Waals surface area contributed by atoms with Crippen molar-refractivity contribution in [2.75, 3.05) is 19.0 Å². The van der Waals surface area contributed by atoms with Gasteiger partial charge in [0.1, 0.15) is 18.2 Å². The van der Waals surface area contributed by atoms with E-state index in [0.717, 1.165) is 23.1 Å². The average molecular weight is 410 g/mol. The first kappa shape index (κ1) is 21.3. The van der Waals surface area contributed by atoms with Crippen molar-refractivity contribution < 1.29 is 18.8 Å². The van der Waals surface area contributed by atoms with Gasteiger partial charge in [-0.15, -0.1) is 0 Å². The van der Waals surface area contributed by atoms with E-state index in [4.69, 9.17) is 15.0 Å². The van der Waals surface area contributed by atoms with Crippen LogP contribution in [0.25, 0.3) is 22.5 Å². The Morgan fingerprint density at radius 2 is 1.97 bits per heavy atom. The van der Waals surface area contributed by atoms with Crippen LogP contribution in [0.5, 0.6) is 5.75 Å². The molecule has 0 aliphatic carbocycles. The van der Waals surface area contributed by atoms with E-state index < -0.39 is 6.09 Å². The van der Waals surface area contributed by atoms with Gasteiger partial charge in [-0.05, 0) is 47.7 Å². The molecule has 0 aliphatic heterocycles. The van der Waals surface area contributed by atoms with E-state index >= 15 is 0 Å². The average Bonchev–Trinajstić information content (AvgIpc) is 3.26. The topological polar surface area (TPSA) is 112 Å². The second-order valence-electron chi connectivity index (χ2n) is 7.33. The molecule has 158 valence electrons. The number of pyridine rings is 1. The second kappa shape index (κ2) is 9.89. The number of rotatable bonds is 8. The maximum atomic E-state index is 11.5. The number of anilines is 1. The number of benzene rings is 1. The van der Waals surface area contributed by atoms with Crippen LogP contribution in [0.4, 0.5) is 10.6 Å². The summed E-state index contributed by atoms with van der Waals surface area (Å²) in [5, 5.41) is 6.37. The van der Waals surface area contributed by atoms with Crippen molar-refractivity contribution in [1.82, 2.24) is 10.1 Å². The van der Waals surface area contributed by atoms with Crippen molar-refractivity contribution in [3.05, 3.63) is 48.8 Å². The molecule has 3 N–H and O–H groups in total. The molecule has 0 spiro atoms. The van der Waals surface area contributed by atoms with Gasteiger partial charge in [-0.2, -0.15) is 0 Å². The SMILES string of the molecule is COC(=O)Nc1cc(-c2ccc(OCC(N)CC(C)C)c(-c3ccno3)c2)ccn1. The van der Waals surface area contributed by atoms with Crippen molar-refractivity contribution in [1.29, 1.82) is 0 Å². The highest BCUT2D eigenvalue weighted by Crippen LogP contribution is 2.35. The normalized spacial score (nSPS) is 11.9. The molecule has 1 unspecified atom stereocenters. The van der Waals surface area contributed by atoms with Crippen LogP contribution in [-0.2, 0) is 4.74 Å². The quantitative estimate of drug-likeness (QED) is 0.568. The Labute approximate surface area is 175 Å². The molecule has 8 heteroatoms. The number of ether oxygens (including phenoxy) is 2. The molecule has 2 aromatic heterocycles. The van der Waals surface area contributed by atoms with E-state index in [1.54, 1.807) is 24.5 Å². The Kier molecular flexibility index (Phi) is 7.03. The summed E-state index contributed by atoms with van der Waals surface area (Å²) in [6.45, 7) is 4.67. The number of nitrogens with two attached hydrogens (primary N) is 1. The Hall–Kier alpha value is -3.39. The lowest BCUT2D eigenvalue weighted by atomic mass is 10.0. The molecule has 1 amide bonds. The summed E-state index contributed by atoms with van der Waals surface area (Å²) in [6.07, 6.45) is 3.50. The number of carbonyl (C=O) groups is 1. The summed E-state index contributed by atoms with van der Waals surface area (Å²) >= 11 is 0. The molecular weight excluding hydrogens is 384 g/mol. The number of carbonyl (C=O) groups excluding carboxylic acids is 1. The molecule has 30 heavy (non-hydrogen) atoms. The zero-order valence-electron chi connectivity index (χ0n) is 17.3. The van der Waals surface area contributed by atoms with Gasteiger partial charge in [-0.1, -0.05) is 25.1 Å². The van der Waals surface area contributed by atoms with E-state index in [1.165, 1.54) is 7.11 Å². The number of nitrogens with one attached hydrogen (secondary N) is 1. The molecule has 2 heterocycles. The summed E-state index contributed by atoms with van der Waals surface area (Å²) in [5.41, 5.74) is 8.69. The minimum Gasteiger partial charge on any atom is -0.491 e. The lowest BCUT2D eigenvalue weighted by Gasteiger charge is -2.17. The number of amides is 1. The van der Waals surface area contributed by atoms with Gasteiger partial charge in [0.25, 0.3) is 0 Å². The molecule has 0 aliphatic rings. The Bertz CT molecular complexity index is 973. The minimum atomic E-state index is -0.580. The van der Waals surface area contributed by atoms with E-state index in [1.807, 2.05) is 24.3 Å². The fourth-order valence-electron chi connectivity index (χ4n) is 3.09. The Balaban J connectivity index is 1.88. The van der Waals surface area contributed by atoms with Gasteiger partial charge in [0, 0.05) is 18.3 Å². The fourth-order valence-corrected chi connectivity index (χ4v) is 3.09. The summed E-state index contributed by atoms with van der Waals surface area (Å²) in [5.74, 6) is 2.14. The molecule has 3 aromatic rings. The van der Waals surface area contributed by atoms with E-state index in [-0.39, 0.29) is 6.04 Å². The third kappa shape index (κ3) is 5.57. The molecule has 0 fully saturated rings. The number of hydrogen-bond acceptors (Lipinski definition) is 7. The second-order valence-corrected chi connectivity index (χ2v) is 7.33. The molecule has 0 saturated carbocycles. The highest BCUT2D eigenvalue weighted by Gasteiger charge is 2.15. The van der Waals surface area contributed by atoms with Crippen LogP contribution in [0.2, 0.25) is 0 Å². The van der Waals surface area contributed by atoms with E-state index in [0.29, 0.717) is 29.9 Å². The third-order valence-corrected chi connectivity index (χ3v) is 4.42. The Morgan fingerprint density at radius 3 is 2.67 bits per heavy atom. The monoisotopic (exact) mass is 410 g/mol. The van der Waals surface area contributed by atoms with E-state index in [2.05, 4.69) is 34.0 Å². The van der Waals surface area contributed by atoms with Crippen LogP contribution in [-0.4, -0.2) is 36.0 Å². The molecule has 0 saturated heterocycles. The van der Waals surface area contributed by atoms with Crippen molar-refractivity contribution >= 4 is 11.9 Å². The number of nitrogens with zero attached hydrogens (tertiary/aromatic N) is 2. The first-order chi connectivity index (χ1) is 14.5. The van der Waals surface area contributed by atoms with Crippen LogP contribution < -0.4 is 15.8 Å². The minimum absolute atomic E-state index is 0.0561. The summed E-state index contributed by atoms with van der Waals surface area (Å²) in [7, 11) is 1.30. The lowest BCUT2D eigenvalue weighted by Crippen LogP contribution is -2.29. The van der Waals surface area contributed by atoms with Gasteiger partial charge < -0.3 is 19.7 Å². The van der Waals surface area contributed by atoms with Crippen LogP contribution in [0, 0.1) is 5.92 Å². The summed E-state index contributed by atoms with van der Waals surface area (Å²) in [4.78, 5) is 15.6. The molecule has 0 radical (unpaired) electrons. The standard InChI is InChI=1S/C22H26N4O4/c1-14(2)10-17(23)13-29-19-5-4-15(11-18(19)20-7-9-25-30-20)16-6-8-24-21(12-16)26-22(27)28-3/h4-9,11-12,14,17H,10,13,23H2,1-3H3,(H,24,26,27). The first-order valence-electron chi connectivity index (χ1n) is 9.71. The van der Waals surface area contributed by atoms with Crippen LogP contribution in [0.3, 0.4) is 0 Å². The molecule has 3 rings (SSSR count). The van der Waals surface area contributed by atoms with Crippen LogP contribution >= 0.6 is 0 Å². The predicted octanol–water partition coefficient (Wildman–Crippen LogP) is 4.33. The molecular formula is C22H26N4O4. The number of hydrogen-bond donors (Lipinski definition) is 2. The molecule has 8 nitrogen and oxygen atoms in total. The van der Waals surface area contributed by atoms with Gasteiger partial charge in [0.2, 0.25) is 0 Å². The zero-order chi connectivity index (χ0) is 21.5. The highest BCUT2D eigenvalue weighted by molar-refractivity contribution is 5.84. The van der Waals surface area contributed by atoms with Gasteiger partial charge in [0.15, 0.2) is 5.76 Å². The van der Waals surface area contributed by atoms with Gasteiger partial charge in [0.05, 0.1) is 18.9 Å². The van der Waals surface area contributed by atoms with Crippen molar-refractivity contribution in [2.45, 2.75) is 26.3 Å². The van der Waals surface area contributed by atoms with Crippen LogP contribution in [0.1, 0.15) is 20.3 Å². The number of aromatic nitrogens is 2. The van der Waals surface area contributed by atoms with Crippen molar-refractivity contribution in [2.24, 2.45) is 11.7 Å². The third-order valence-electron chi connectivity index (χ3n) is 4.42. The summed E-state index contributed by atoms with van der Waals surface area (Å²) < 4.78 is 16.0. The first-order valence-corrected chi connectivity index (χ1v) is 9.71.